The molecule has 1 aliphatic heterocycles. The summed E-state index contributed by atoms with van der Waals surface area (Å²) in [6.45, 7) is 10.0. The number of primary amides is 1. The summed E-state index contributed by atoms with van der Waals surface area (Å²) in [4.78, 5) is 49.4. The molecule has 1 fully saturated rings. The summed E-state index contributed by atoms with van der Waals surface area (Å²) < 4.78 is 33.0. The number of nitrogens with one attached hydrogen (secondary N) is 2. The first kappa shape index (κ1) is 34.0. The number of anilines is 2. The molecule has 0 aliphatic carbocycles. The van der Waals surface area contributed by atoms with Crippen LogP contribution in [-0.4, -0.2) is 71.2 Å². The van der Waals surface area contributed by atoms with Crippen molar-refractivity contribution in [1.82, 2.24) is 0 Å². The van der Waals surface area contributed by atoms with E-state index in [1.54, 1.807) is 41.5 Å². The van der Waals surface area contributed by atoms with Crippen molar-refractivity contribution in [2.75, 3.05) is 17.7 Å². The molecule has 2 aromatic carbocycles. The maximum absolute atomic E-state index is 12.9. The van der Waals surface area contributed by atoms with E-state index in [1.807, 2.05) is 0 Å². The number of amides is 3. The number of aryl methyl sites for hydroxylation is 1. The average Bonchev–Trinajstić information content (AvgIpc) is 2.94. The molecule has 0 unspecified atom stereocenters. The number of hydrogen-bond acceptors (Lipinski definition) is 12. The molecule has 1 aliphatic rings. The monoisotopic (exact) mass is 643 g/mol. The lowest BCUT2D eigenvalue weighted by molar-refractivity contribution is -0.304. The fourth-order valence-corrected chi connectivity index (χ4v) is 4.98. The quantitative estimate of drug-likeness (QED) is 0.233. The normalized spacial score (nSPS) is 20.9. The summed E-state index contributed by atoms with van der Waals surface area (Å²) in [5.41, 5.74) is 2.56. The van der Waals surface area contributed by atoms with E-state index in [9.17, 15) is 29.4 Å². The first-order valence-electron chi connectivity index (χ1n) is 14.1. The van der Waals surface area contributed by atoms with Gasteiger partial charge >= 0.3 is 17.8 Å². The molecule has 46 heavy (non-hydrogen) atoms. The van der Waals surface area contributed by atoms with E-state index >= 15 is 0 Å². The van der Waals surface area contributed by atoms with Crippen LogP contribution in [0.1, 0.15) is 50.5 Å². The largest absolute Gasteiger partial charge is 0.505 e. The summed E-state index contributed by atoms with van der Waals surface area (Å²) in [5, 5.41) is 26.9. The van der Waals surface area contributed by atoms with Crippen LogP contribution in [0.4, 0.5) is 21.0 Å². The van der Waals surface area contributed by atoms with E-state index in [2.05, 4.69) is 10.6 Å². The molecular weight excluding hydrogens is 606 g/mol. The van der Waals surface area contributed by atoms with Crippen LogP contribution in [0.15, 0.2) is 45.6 Å². The van der Waals surface area contributed by atoms with Gasteiger partial charge < -0.3 is 49.4 Å². The Labute approximate surface area is 263 Å². The SMILES string of the molecule is CO[C@@H]1[C@@H](OC(N)=O)[C@@H](O)[C@H](Oc2ccc3c(O)c(NC(=O)c4ccc(NC(=O)OC(C)(C)C)cc4)c(=O)oc3c2C)OC1(C)C. The molecule has 3 amide bonds. The number of methoxy groups -OCH3 is 1. The average molecular weight is 644 g/mol. The van der Waals surface area contributed by atoms with Crippen LogP contribution in [0, 0.1) is 6.92 Å². The van der Waals surface area contributed by atoms with Gasteiger partial charge in [0.2, 0.25) is 6.29 Å². The zero-order valence-corrected chi connectivity index (χ0v) is 26.3. The van der Waals surface area contributed by atoms with Gasteiger partial charge in [0, 0.05) is 23.9 Å². The topological polar surface area (TPSA) is 218 Å². The molecule has 0 saturated carbocycles. The summed E-state index contributed by atoms with van der Waals surface area (Å²) in [6.07, 6.45) is -6.81. The first-order chi connectivity index (χ1) is 21.4. The van der Waals surface area contributed by atoms with E-state index in [-0.39, 0.29) is 27.8 Å². The first-order valence-corrected chi connectivity index (χ1v) is 14.1. The molecule has 15 heteroatoms. The second-order valence-electron chi connectivity index (χ2n) is 12.1. The van der Waals surface area contributed by atoms with Crippen LogP contribution in [0.5, 0.6) is 11.5 Å². The summed E-state index contributed by atoms with van der Waals surface area (Å²) in [6, 6.07) is 8.59. The summed E-state index contributed by atoms with van der Waals surface area (Å²) >= 11 is 0. The minimum Gasteiger partial charge on any atom is -0.505 e. The van der Waals surface area contributed by atoms with E-state index in [1.165, 1.54) is 43.5 Å². The number of benzene rings is 2. The molecule has 2 heterocycles. The van der Waals surface area contributed by atoms with Gasteiger partial charge in [-0.25, -0.2) is 14.4 Å². The maximum atomic E-state index is 12.9. The lowest BCUT2D eigenvalue weighted by Gasteiger charge is -2.47. The van der Waals surface area contributed by atoms with Crippen molar-refractivity contribution in [3.05, 3.63) is 57.9 Å². The highest BCUT2D eigenvalue weighted by molar-refractivity contribution is 6.06. The van der Waals surface area contributed by atoms with Crippen LogP contribution >= 0.6 is 0 Å². The molecule has 1 saturated heterocycles. The van der Waals surface area contributed by atoms with Gasteiger partial charge in [-0.3, -0.25) is 10.1 Å². The van der Waals surface area contributed by atoms with Crippen LogP contribution in [-0.2, 0) is 18.9 Å². The standard InChI is InChI=1S/C31H37N3O12/c1-14-18(42-27-21(36)23(44-28(32)39)24(41-7)31(5,6)45-27)13-12-17-20(35)19(26(38)43-22(14)17)34-25(37)15-8-10-16(11-9-15)33-29(40)46-30(2,3)4/h8-13,21,23-24,27,35-36H,1-7H3,(H2,32,39)(H,33,40)(H,34,37)/t21-,23+,24-,27-/m1/s1. The number of rotatable bonds is 7. The highest BCUT2D eigenvalue weighted by Gasteiger charge is 2.53. The highest BCUT2D eigenvalue weighted by Crippen LogP contribution is 2.38. The van der Waals surface area contributed by atoms with Crippen LogP contribution in [0.3, 0.4) is 0 Å². The predicted molar refractivity (Wildman–Crippen MR) is 164 cm³/mol. The minimum absolute atomic E-state index is 0.0557. The third kappa shape index (κ3) is 7.33. The Morgan fingerprint density at radius 2 is 1.70 bits per heavy atom. The molecule has 3 aromatic rings. The number of aliphatic hydroxyl groups is 1. The van der Waals surface area contributed by atoms with Gasteiger partial charge in [-0.2, -0.15) is 0 Å². The van der Waals surface area contributed by atoms with E-state index in [0.717, 1.165) is 0 Å². The molecule has 0 bridgehead atoms. The van der Waals surface area contributed by atoms with E-state index in [4.69, 9.17) is 33.8 Å². The number of aliphatic hydroxyl groups excluding tert-OH is 1. The predicted octanol–water partition coefficient (Wildman–Crippen LogP) is 3.76. The number of ether oxygens (including phenoxy) is 5. The number of carbonyl (C=O) groups excluding carboxylic acids is 3. The minimum atomic E-state index is -1.53. The number of fused-ring (bicyclic) bond motifs is 1. The molecule has 4 rings (SSSR count). The maximum Gasteiger partial charge on any atom is 0.412 e. The van der Waals surface area contributed by atoms with Gasteiger partial charge in [0.05, 0.1) is 11.0 Å². The zero-order chi connectivity index (χ0) is 34.1. The van der Waals surface area contributed by atoms with Crippen molar-refractivity contribution >= 4 is 40.4 Å². The van der Waals surface area contributed by atoms with Gasteiger partial charge in [0.1, 0.15) is 23.0 Å². The Morgan fingerprint density at radius 3 is 2.28 bits per heavy atom. The van der Waals surface area contributed by atoms with Crippen LogP contribution in [0.25, 0.3) is 11.0 Å². The molecule has 6 N–H and O–H groups in total. The third-order valence-corrected chi connectivity index (χ3v) is 7.05. The number of nitrogens with two attached hydrogens (primary N) is 1. The second kappa shape index (κ2) is 12.9. The van der Waals surface area contributed by atoms with Crippen molar-refractivity contribution in [3.8, 4) is 11.5 Å². The molecule has 0 spiro atoms. The zero-order valence-electron chi connectivity index (χ0n) is 26.3. The van der Waals surface area contributed by atoms with Gasteiger partial charge in [-0.05, 0) is 77.9 Å². The van der Waals surface area contributed by atoms with Gasteiger partial charge in [-0.15, -0.1) is 0 Å². The second-order valence-corrected chi connectivity index (χ2v) is 12.1. The van der Waals surface area contributed by atoms with Gasteiger partial charge in [0.25, 0.3) is 5.91 Å². The Kier molecular flexibility index (Phi) is 9.51. The lowest BCUT2D eigenvalue weighted by Crippen LogP contribution is -2.65. The Morgan fingerprint density at radius 1 is 1.04 bits per heavy atom. The van der Waals surface area contributed by atoms with Crippen molar-refractivity contribution < 1.29 is 52.7 Å². The summed E-state index contributed by atoms with van der Waals surface area (Å²) in [5.74, 6) is -1.17. The fraction of sp³-hybridized carbons (Fsp3) is 0.419. The van der Waals surface area contributed by atoms with Crippen LogP contribution < -0.4 is 26.7 Å². The molecule has 1 aromatic heterocycles. The molecule has 0 radical (unpaired) electrons. The fourth-order valence-electron chi connectivity index (χ4n) is 4.98. The van der Waals surface area contributed by atoms with Gasteiger partial charge in [-0.1, -0.05) is 0 Å². The van der Waals surface area contributed by atoms with E-state index < -0.39 is 71.0 Å². The van der Waals surface area contributed by atoms with Gasteiger partial charge in [0.15, 0.2) is 23.6 Å². The molecular formula is C31H37N3O12. The summed E-state index contributed by atoms with van der Waals surface area (Å²) in [7, 11) is 1.36. The van der Waals surface area contributed by atoms with Crippen molar-refractivity contribution in [1.29, 1.82) is 0 Å². The molecule has 4 atom stereocenters. The Bertz CT molecular complexity index is 1690. The smallest absolute Gasteiger partial charge is 0.412 e. The third-order valence-electron chi connectivity index (χ3n) is 7.05. The number of hydrogen-bond donors (Lipinski definition) is 5. The number of aromatic hydroxyl groups is 1. The highest BCUT2D eigenvalue weighted by atomic mass is 16.7. The lowest BCUT2D eigenvalue weighted by atomic mass is 9.89. The van der Waals surface area contributed by atoms with Crippen molar-refractivity contribution in [3.63, 3.8) is 0 Å². The van der Waals surface area contributed by atoms with Crippen molar-refractivity contribution in [2.45, 2.75) is 77.3 Å². The Balaban J connectivity index is 1.55. The molecule has 248 valence electrons. The Hall–Kier alpha value is -4.86. The van der Waals surface area contributed by atoms with Crippen molar-refractivity contribution in [2.24, 2.45) is 5.73 Å². The number of carbonyl (C=O) groups is 3. The molecule has 15 nitrogen and oxygen atoms in total. The van der Waals surface area contributed by atoms with Crippen LogP contribution in [0.2, 0.25) is 0 Å². The van der Waals surface area contributed by atoms with E-state index in [0.29, 0.717) is 5.69 Å².